The monoisotopic (exact) mass is 910 g/mol. The highest BCUT2D eigenvalue weighted by Crippen LogP contribution is 2.34. The number of unbranched alkanes of at least 4 members (excludes halogenated alkanes) is 6. The van der Waals surface area contributed by atoms with Gasteiger partial charge in [0.25, 0.3) is 0 Å². The van der Waals surface area contributed by atoms with Gasteiger partial charge in [0.05, 0.1) is 57.0 Å². The standard InChI is InChI=1S/C53H66O13/c1-3-50(55)61-33-11-7-5-9-31-59-44-21-25-46(26-22-44)63-37-39-13-17-41(18-14-39)52(57)65-48-29-30-49(43(35-48)36-54)66-53(58)42-19-15-40(16-20-42)38-64-47-27-23-45(24-28-47)60-32-10-6-8-12-34-62-51(56)4-2/h3-4,21-30,35-36,39-42H,1-2,5-20,31-34,37-38H2. The van der Waals surface area contributed by atoms with E-state index in [9.17, 15) is 24.0 Å². The molecule has 3 aromatic rings. The van der Waals surface area contributed by atoms with E-state index in [4.69, 9.17) is 37.9 Å². The van der Waals surface area contributed by atoms with Gasteiger partial charge in [-0.15, -0.1) is 0 Å². The first kappa shape index (κ1) is 50.9. The lowest BCUT2D eigenvalue weighted by molar-refractivity contribution is -0.141. The van der Waals surface area contributed by atoms with E-state index in [0.29, 0.717) is 83.4 Å². The Morgan fingerprint density at radius 3 is 1.26 bits per heavy atom. The number of benzene rings is 3. The summed E-state index contributed by atoms with van der Waals surface area (Å²) in [5.74, 6) is 2.06. The maximum atomic E-state index is 13.2. The van der Waals surface area contributed by atoms with Gasteiger partial charge in [0.1, 0.15) is 34.5 Å². The summed E-state index contributed by atoms with van der Waals surface area (Å²) >= 11 is 0. The van der Waals surface area contributed by atoms with Crippen LogP contribution < -0.4 is 28.4 Å². The summed E-state index contributed by atoms with van der Waals surface area (Å²) in [5.41, 5.74) is 0.144. The van der Waals surface area contributed by atoms with Crippen molar-refractivity contribution in [2.45, 2.75) is 103 Å². The summed E-state index contributed by atoms with van der Waals surface area (Å²) in [6.07, 6.45) is 16.3. The molecule has 2 saturated carbocycles. The van der Waals surface area contributed by atoms with Crippen LogP contribution in [0.25, 0.3) is 0 Å². The van der Waals surface area contributed by atoms with Crippen LogP contribution >= 0.6 is 0 Å². The molecule has 0 radical (unpaired) electrons. The SMILES string of the molecule is C=CC(=O)OCCCCCCOc1ccc(OCC2CCC(C(=O)Oc3ccc(OC(=O)C4CCC(COc5ccc(OCCCCCCOC(=O)C=C)cc5)CC4)c(C=O)c3)CC2)cc1. The van der Waals surface area contributed by atoms with Crippen LogP contribution in [0.4, 0.5) is 0 Å². The Balaban J connectivity index is 0.917. The number of carbonyl (C=O) groups is 5. The fourth-order valence-electron chi connectivity index (χ4n) is 7.95. The topological polar surface area (TPSA) is 159 Å². The minimum atomic E-state index is -0.390. The van der Waals surface area contributed by atoms with Gasteiger partial charge in [-0.2, -0.15) is 0 Å². The zero-order chi connectivity index (χ0) is 46.8. The average Bonchev–Trinajstić information content (AvgIpc) is 3.35. The first-order valence-corrected chi connectivity index (χ1v) is 23.5. The molecular formula is C53H66O13. The molecule has 0 spiro atoms. The molecule has 0 bridgehead atoms. The lowest BCUT2D eigenvalue weighted by Crippen LogP contribution is -2.28. The summed E-state index contributed by atoms with van der Waals surface area (Å²) in [6.45, 7) is 9.90. The zero-order valence-corrected chi connectivity index (χ0v) is 38.2. The van der Waals surface area contributed by atoms with Crippen LogP contribution in [0.5, 0.6) is 34.5 Å². The lowest BCUT2D eigenvalue weighted by Gasteiger charge is -2.27. The smallest absolute Gasteiger partial charge is 0.330 e. The minimum Gasteiger partial charge on any atom is -0.494 e. The van der Waals surface area contributed by atoms with Crippen molar-refractivity contribution in [1.82, 2.24) is 0 Å². The van der Waals surface area contributed by atoms with Gasteiger partial charge >= 0.3 is 23.9 Å². The van der Waals surface area contributed by atoms with E-state index in [2.05, 4.69) is 13.2 Å². The summed E-state index contributed by atoms with van der Waals surface area (Å²) in [6, 6.07) is 19.7. The molecule has 0 heterocycles. The van der Waals surface area contributed by atoms with Crippen LogP contribution in [-0.4, -0.2) is 69.8 Å². The average molecular weight is 911 g/mol. The fraction of sp³-hybridized carbons (Fsp3) is 0.491. The maximum Gasteiger partial charge on any atom is 0.330 e. The molecule has 0 unspecified atom stereocenters. The highest BCUT2D eigenvalue weighted by atomic mass is 16.5. The Kier molecular flexibility index (Phi) is 22.1. The molecule has 13 nitrogen and oxygen atoms in total. The van der Waals surface area contributed by atoms with Crippen molar-refractivity contribution in [2.75, 3.05) is 39.6 Å². The summed E-state index contributed by atoms with van der Waals surface area (Å²) in [4.78, 5) is 60.4. The molecule has 5 rings (SSSR count). The van der Waals surface area contributed by atoms with E-state index < -0.39 is 0 Å². The molecular weight excluding hydrogens is 845 g/mol. The van der Waals surface area contributed by atoms with E-state index in [1.165, 1.54) is 24.3 Å². The molecule has 356 valence electrons. The molecule has 3 aromatic carbocycles. The third-order valence-corrected chi connectivity index (χ3v) is 12.0. The van der Waals surface area contributed by atoms with Gasteiger partial charge in [-0.05, 0) is 181 Å². The van der Waals surface area contributed by atoms with Crippen molar-refractivity contribution in [3.63, 3.8) is 0 Å². The van der Waals surface area contributed by atoms with Crippen molar-refractivity contribution < 1.29 is 61.9 Å². The molecule has 13 heteroatoms. The van der Waals surface area contributed by atoms with Crippen molar-refractivity contribution >= 4 is 30.2 Å². The summed E-state index contributed by atoms with van der Waals surface area (Å²) in [7, 11) is 0. The van der Waals surface area contributed by atoms with Crippen LogP contribution in [0.3, 0.4) is 0 Å². The van der Waals surface area contributed by atoms with Crippen molar-refractivity contribution in [1.29, 1.82) is 0 Å². The molecule has 0 aromatic heterocycles. The first-order chi connectivity index (χ1) is 32.2. The predicted molar refractivity (Wildman–Crippen MR) is 248 cm³/mol. The van der Waals surface area contributed by atoms with Crippen molar-refractivity contribution in [3.05, 3.63) is 97.6 Å². The number of hydrogen-bond donors (Lipinski definition) is 0. The Morgan fingerprint density at radius 2 is 0.848 bits per heavy atom. The molecule has 2 aliphatic rings. The van der Waals surface area contributed by atoms with E-state index in [0.717, 1.165) is 100 Å². The molecule has 2 aliphatic carbocycles. The molecule has 2 fully saturated rings. The van der Waals surface area contributed by atoms with E-state index >= 15 is 0 Å². The number of carbonyl (C=O) groups excluding carboxylic acids is 5. The van der Waals surface area contributed by atoms with Crippen molar-refractivity contribution in [3.8, 4) is 34.5 Å². The lowest BCUT2D eigenvalue weighted by atomic mass is 9.82. The zero-order valence-electron chi connectivity index (χ0n) is 38.2. The van der Waals surface area contributed by atoms with Gasteiger partial charge in [-0.25, -0.2) is 9.59 Å². The van der Waals surface area contributed by atoms with Crippen LogP contribution in [0.1, 0.15) is 113 Å². The largest absolute Gasteiger partial charge is 0.494 e. The van der Waals surface area contributed by atoms with Gasteiger partial charge in [0.15, 0.2) is 6.29 Å². The number of aldehydes is 1. The fourth-order valence-corrected chi connectivity index (χ4v) is 7.95. The number of esters is 4. The van der Waals surface area contributed by atoms with E-state index in [1.807, 2.05) is 48.5 Å². The molecule has 0 atom stereocenters. The number of rotatable bonds is 29. The third-order valence-electron chi connectivity index (χ3n) is 12.0. The van der Waals surface area contributed by atoms with Gasteiger partial charge in [0, 0.05) is 12.2 Å². The Labute approximate surface area is 389 Å². The van der Waals surface area contributed by atoms with Gasteiger partial charge < -0.3 is 37.9 Å². The Hall–Kier alpha value is -6.11. The van der Waals surface area contributed by atoms with Crippen LogP contribution in [0.2, 0.25) is 0 Å². The second-order valence-electron chi connectivity index (χ2n) is 16.9. The predicted octanol–water partition coefficient (Wildman–Crippen LogP) is 10.4. The molecule has 0 aliphatic heterocycles. The number of hydrogen-bond acceptors (Lipinski definition) is 13. The third kappa shape index (κ3) is 18.4. The van der Waals surface area contributed by atoms with E-state index in [1.54, 1.807) is 6.07 Å². The maximum absolute atomic E-state index is 13.2. The van der Waals surface area contributed by atoms with Gasteiger partial charge in [-0.3, -0.25) is 14.4 Å². The van der Waals surface area contributed by atoms with Crippen LogP contribution in [-0.2, 0) is 28.7 Å². The minimum absolute atomic E-state index is 0.144. The summed E-state index contributed by atoms with van der Waals surface area (Å²) in [5, 5.41) is 0. The number of ether oxygens (including phenoxy) is 8. The normalized spacial score (nSPS) is 17.9. The van der Waals surface area contributed by atoms with Crippen LogP contribution in [0, 0.1) is 23.7 Å². The second kappa shape index (κ2) is 28.7. The summed E-state index contributed by atoms with van der Waals surface area (Å²) < 4.78 is 45.2. The molecule has 66 heavy (non-hydrogen) atoms. The van der Waals surface area contributed by atoms with Crippen molar-refractivity contribution in [2.24, 2.45) is 23.7 Å². The van der Waals surface area contributed by atoms with E-state index in [-0.39, 0.29) is 52.8 Å². The molecule has 0 amide bonds. The van der Waals surface area contributed by atoms with Crippen LogP contribution in [0.15, 0.2) is 92.0 Å². The van der Waals surface area contributed by atoms with Gasteiger partial charge in [-0.1, -0.05) is 13.2 Å². The Morgan fingerprint density at radius 1 is 0.470 bits per heavy atom. The second-order valence-corrected chi connectivity index (χ2v) is 16.9. The first-order valence-electron chi connectivity index (χ1n) is 23.5. The molecule has 0 N–H and O–H groups in total. The quantitative estimate of drug-likeness (QED) is 0.0213. The molecule has 0 saturated heterocycles. The Bertz CT molecular complexity index is 1980. The highest BCUT2D eigenvalue weighted by molar-refractivity contribution is 5.84. The van der Waals surface area contributed by atoms with Gasteiger partial charge in [0.2, 0.25) is 0 Å². The highest BCUT2D eigenvalue weighted by Gasteiger charge is 2.30.